The molecule has 0 unspecified atom stereocenters. The van der Waals surface area contributed by atoms with Gasteiger partial charge in [0.1, 0.15) is 0 Å². The molecule has 2 heterocycles. The lowest BCUT2D eigenvalue weighted by Gasteiger charge is -2.34. The van der Waals surface area contributed by atoms with Crippen LogP contribution in [0.1, 0.15) is 69.7 Å². The van der Waals surface area contributed by atoms with Crippen LogP contribution in [0.3, 0.4) is 0 Å². The van der Waals surface area contributed by atoms with E-state index in [1.165, 1.54) is 22.9 Å². The zero-order chi connectivity index (χ0) is 24.7. The molecule has 9 heteroatoms. The Labute approximate surface area is 204 Å². The first-order valence-electron chi connectivity index (χ1n) is 12.5. The Morgan fingerprint density at radius 2 is 1.71 bits per heavy atom. The molecular formula is C25H39N3O5S. The second-order valence-corrected chi connectivity index (χ2v) is 11.5. The maximum atomic E-state index is 13.1. The number of nitrogens with one attached hydrogen (secondary N) is 1. The molecule has 2 fully saturated rings. The van der Waals surface area contributed by atoms with Gasteiger partial charge in [-0.25, -0.2) is 8.42 Å². The van der Waals surface area contributed by atoms with E-state index in [0.29, 0.717) is 38.3 Å². The predicted molar refractivity (Wildman–Crippen MR) is 131 cm³/mol. The summed E-state index contributed by atoms with van der Waals surface area (Å²) in [5.41, 5.74) is 0.434. The quantitative estimate of drug-likeness (QED) is 0.534. The van der Waals surface area contributed by atoms with Crippen LogP contribution in [-0.4, -0.2) is 74.4 Å². The molecular weight excluding hydrogens is 454 g/mol. The number of likely N-dealkylation sites (tertiary alicyclic amines) is 1. The number of morpholine rings is 1. The number of carbonyl (C=O) groups excluding carboxylic acids is 2. The van der Waals surface area contributed by atoms with Gasteiger partial charge in [-0.15, -0.1) is 0 Å². The fourth-order valence-electron chi connectivity index (χ4n) is 4.71. The monoisotopic (exact) mass is 493 g/mol. The zero-order valence-corrected chi connectivity index (χ0v) is 21.5. The molecule has 0 saturated carbocycles. The largest absolute Gasteiger partial charge is 0.373 e. The molecule has 1 aromatic carbocycles. The third kappa shape index (κ3) is 6.79. The summed E-state index contributed by atoms with van der Waals surface area (Å²) < 4.78 is 33.2. The van der Waals surface area contributed by atoms with Crippen LogP contribution in [0.4, 0.5) is 0 Å². The normalized spacial score (nSPS) is 24.1. The van der Waals surface area contributed by atoms with Crippen molar-refractivity contribution in [2.75, 3.05) is 32.7 Å². The van der Waals surface area contributed by atoms with E-state index >= 15 is 0 Å². The Balaban J connectivity index is 1.59. The minimum absolute atomic E-state index is 0.0180. The molecule has 2 amide bonds. The van der Waals surface area contributed by atoms with E-state index in [4.69, 9.17) is 4.74 Å². The highest BCUT2D eigenvalue weighted by Crippen LogP contribution is 2.23. The number of rotatable bonds is 9. The van der Waals surface area contributed by atoms with Crippen LogP contribution in [0.25, 0.3) is 0 Å². The molecule has 0 radical (unpaired) electrons. The maximum Gasteiger partial charge on any atom is 0.253 e. The maximum absolute atomic E-state index is 13.1. The minimum Gasteiger partial charge on any atom is -0.373 e. The van der Waals surface area contributed by atoms with Crippen LogP contribution in [-0.2, 0) is 19.6 Å². The second-order valence-electron chi connectivity index (χ2n) is 9.55. The Hall–Kier alpha value is -1.97. The smallest absolute Gasteiger partial charge is 0.253 e. The number of amides is 2. The van der Waals surface area contributed by atoms with Crippen molar-refractivity contribution < 1.29 is 22.7 Å². The van der Waals surface area contributed by atoms with Crippen molar-refractivity contribution in [3.8, 4) is 0 Å². The molecule has 0 aromatic heterocycles. The number of hydrogen-bond donors (Lipinski definition) is 1. The fraction of sp³-hybridized carbons (Fsp3) is 0.680. The topological polar surface area (TPSA) is 96.0 Å². The van der Waals surface area contributed by atoms with Crippen molar-refractivity contribution in [2.24, 2.45) is 5.92 Å². The Kier molecular flexibility index (Phi) is 9.50. The van der Waals surface area contributed by atoms with Gasteiger partial charge in [0.15, 0.2) is 0 Å². The molecule has 34 heavy (non-hydrogen) atoms. The molecule has 3 rings (SSSR count). The molecule has 1 N–H and O–H groups in total. The molecule has 2 aliphatic heterocycles. The van der Waals surface area contributed by atoms with Crippen molar-refractivity contribution in [1.82, 2.24) is 14.5 Å². The molecule has 8 nitrogen and oxygen atoms in total. The number of nitrogens with zero attached hydrogens (tertiary/aromatic N) is 2. The van der Waals surface area contributed by atoms with Crippen LogP contribution in [0, 0.1) is 5.92 Å². The lowest BCUT2D eigenvalue weighted by Crippen LogP contribution is -2.48. The highest BCUT2D eigenvalue weighted by Gasteiger charge is 2.33. The summed E-state index contributed by atoms with van der Waals surface area (Å²) in [6, 6.07) is 6.13. The minimum atomic E-state index is -3.65. The standard InChI is InChI=1S/C25H39N3O5S/c1-4-5-6-7-14-26-24(29)22-9-8-15-27(18-22)25(30)21-10-12-23(13-11-21)34(31,32)28-16-19(2)33-20(3)17-28/h10-13,19-20,22H,4-9,14-18H2,1-3H3,(H,26,29)/t19-,20+,22-/m1/s1. The van der Waals surface area contributed by atoms with Crippen molar-refractivity contribution in [2.45, 2.75) is 76.4 Å². The van der Waals surface area contributed by atoms with Gasteiger partial charge in [0.2, 0.25) is 15.9 Å². The highest BCUT2D eigenvalue weighted by molar-refractivity contribution is 7.89. The number of piperidine rings is 1. The Morgan fingerprint density at radius 1 is 1.03 bits per heavy atom. The number of unbranched alkanes of at least 4 members (excludes halogenated alkanes) is 3. The average Bonchev–Trinajstić information content (AvgIpc) is 2.83. The number of ether oxygens (including phenoxy) is 1. The van der Waals surface area contributed by atoms with E-state index in [0.717, 1.165) is 32.1 Å². The summed E-state index contributed by atoms with van der Waals surface area (Å²) in [6.07, 6.45) is 5.64. The van der Waals surface area contributed by atoms with Crippen LogP contribution < -0.4 is 5.32 Å². The van der Waals surface area contributed by atoms with Crippen LogP contribution in [0.15, 0.2) is 29.2 Å². The van der Waals surface area contributed by atoms with E-state index < -0.39 is 10.0 Å². The Morgan fingerprint density at radius 3 is 2.35 bits per heavy atom. The van der Waals surface area contributed by atoms with Crippen LogP contribution in [0.5, 0.6) is 0 Å². The van der Waals surface area contributed by atoms with Gasteiger partial charge >= 0.3 is 0 Å². The number of sulfonamides is 1. The van der Waals surface area contributed by atoms with Gasteiger partial charge in [0, 0.05) is 38.3 Å². The number of benzene rings is 1. The summed E-state index contributed by atoms with van der Waals surface area (Å²) in [5.74, 6) is -0.351. The molecule has 190 valence electrons. The summed E-state index contributed by atoms with van der Waals surface area (Å²) in [4.78, 5) is 27.5. The zero-order valence-electron chi connectivity index (χ0n) is 20.7. The Bertz CT molecular complexity index is 924. The van der Waals surface area contributed by atoms with E-state index in [9.17, 15) is 18.0 Å². The van der Waals surface area contributed by atoms with Crippen LogP contribution in [0.2, 0.25) is 0 Å². The van der Waals surface area contributed by atoms with Gasteiger partial charge in [-0.3, -0.25) is 9.59 Å². The van der Waals surface area contributed by atoms with Crippen LogP contribution >= 0.6 is 0 Å². The van der Waals surface area contributed by atoms with E-state index in [1.807, 2.05) is 13.8 Å². The summed E-state index contributed by atoms with van der Waals surface area (Å²) >= 11 is 0. The molecule has 0 spiro atoms. The number of hydrogen-bond acceptors (Lipinski definition) is 5. The van der Waals surface area contributed by atoms with Gasteiger partial charge in [-0.05, 0) is 57.4 Å². The predicted octanol–water partition coefficient (Wildman–Crippen LogP) is 3.03. The van der Waals surface area contributed by atoms with Crippen molar-refractivity contribution in [1.29, 1.82) is 0 Å². The first-order valence-corrected chi connectivity index (χ1v) is 14.0. The molecule has 2 saturated heterocycles. The van der Waals surface area contributed by atoms with Crippen molar-refractivity contribution >= 4 is 21.8 Å². The van der Waals surface area contributed by atoms with Gasteiger partial charge in [0.25, 0.3) is 5.91 Å². The van der Waals surface area contributed by atoms with Crippen molar-refractivity contribution in [3.05, 3.63) is 29.8 Å². The lowest BCUT2D eigenvalue weighted by molar-refractivity contribution is -0.126. The van der Waals surface area contributed by atoms with Crippen molar-refractivity contribution in [3.63, 3.8) is 0 Å². The fourth-order valence-corrected chi connectivity index (χ4v) is 6.30. The highest BCUT2D eigenvalue weighted by atomic mass is 32.2. The van der Waals surface area contributed by atoms with E-state index in [-0.39, 0.29) is 34.8 Å². The molecule has 0 aliphatic carbocycles. The molecule has 2 aliphatic rings. The average molecular weight is 494 g/mol. The lowest BCUT2D eigenvalue weighted by atomic mass is 9.96. The summed E-state index contributed by atoms with van der Waals surface area (Å²) in [5, 5.41) is 3.01. The molecule has 0 bridgehead atoms. The van der Waals surface area contributed by atoms with E-state index in [1.54, 1.807) is 17.0 Å². The molecule has 3 atom stereocenters. The van der Waals surface area contributed by atoms with Gasteiger partial charge in [-0.2, -0.15) is 4.31 Å². The van der Waals surface area contributed by atoms with Gasteiger partial charge in [0.05, 0.1) is 23.0 Å². The third-order valence-electron chi connectivity index (χ3n) is 6.53. The van der Waals surface area contributed by atoms with E-state index in [2.05, 4.69) is 12.2 Å². The SMILES string of the molecule is CCCCCCNC(=O)[C@@H]1CCCN(C(=O)c2ccc(S(=O)(=O)N3C[C@@H](C)O[C@@H](C)C3)cc2)C1. The first-order chi connectivity index (χ1) is 16.2. The first kappa shape index (κ1) is 26.6. The summed E-state index contributed by atoms with van der Waals surface area (Å²) in [7, 11) is -3.65. The second kappa shape index (κ2) is 12.1. The summed E-state index contributed by atoms with van der Waals surface area (Å²) in [6.45, 7) is 8.17. The van der Waals surface area contributed by atoms with Gasteiger partial charge < -0.3 is 15.0 Å². The van der Waals surface area contributed by atoms with Gasteiger partial charge in [-0.1, -0.05) is 26.2 Å². The molecule has 1 aromatic rings. The number of carbonyl (C=O) groups is 2. The third-order valence-corrected chi connectivity index (χ3v) is 8.38.